The van der Waals surface area contributed by atoms with Gasteiger partial charge < -0.3 is 40.3 Å². The summed E-state index contributed by atoms with van der Waals surface area (Å²) >= 11 is 0. The molecule has 0 unspecified atom stereocenters. The van der Waals surface area contributed by atoms with E-state index in [0.29, 0.717) is 37.6 Å². The molecular formula is C16H26N6O6. The predicted octanol–water partition coefficient (Wildman–Crippen LogP) is -1.06. The third-order valence-electron chi connectivity index (χ3n) is 4.40. The van der Waals surface area contributed by atoms with Gasteiger partial charge in [-0.1, -0.05) is 0 Å². The van der Waals surface area contributed by atoms with Crippen LogP contribution in [0.1, 0.15) is 6.23 Å². The fourth-order valence-electron chi connectivity index (χ4n) is 3.14. The van der Waals surface area contributed by atoms with Crippen molar-refractivity contribution in [2.45, 2.75) is 24.5 Å². The van der Waals surface area contributed by atoms with Crippen LogP contribution in [-0.4, -0.2) is 90.2 Å². The topological polar surface area (TPSA) is 162 Å². The third kappa shape index (κ3) is 4.16. The summed E-state index contributed by atoms with van der Waals surface area (Å²) in [6.07, 6.45) is -0.836. The second kappa shape index (κ2) is 9.41. The zero-order valence-corrected chi connectivity index (χ0v) is 15.9. The van der Waals surface area contributed by atoms with Crippen LogP contribution in [-0.2, 0) is 23.7 Å². The summed E-state index contributed by atoms with van der Waals surface area (Å²) in [5.74, 6) is 0.191. The Hall–Kier alpha value is -2.09. The van der Waals surface area contributed by atoms with Gasteiger partial charge in [0.1, 0.15) is 23.8 Å². The first-order valence-electron chi connectivity index (χ1n) is 8.83. The highest BCUT2D eigenvalue weighted by molar-refractivity contribution is 5.82. The Labute approximate surface area is 161 Å². The van der Waals surface area contributed by atoms with E-state index in [1.54, 1.807) is 18.8 Å². The van der Waals surface area contributed by atoms with Crippen LogP contribution in [0.15, 0.2) is 6.33 Å². The van der Waals surface area contributed by atoms with Crippen molar-refractivity contribution >= 4 is 22.9 Å². The Kier molecular flexibility index (Phi) is 6.93. The molecule has 156 valence electrons. The van der Waals surface area contributed by atoms with Gasteiger partial charge in [0.25, 0.3) is 0 Å². The highest BCUT2D eigenvalue weighted by Crippen LogP contribution is 2.35. The molecule has 4 atom stereocenters. The zero-order valence-electron chi connectivity index (χ0n) is 15.9. The molecule has 1 aliphatic heterocycles. The summed E-state index contributed by atoms with van der Waals surface area (Å²) < 4.78 is 29.7. The largest absolute Gasteiger partial charge is 0.394 e. The van der Waals surface area contributed by atoms with Crippen LogP contribution in [0.5, 0.6) is 0 Å². The van der Waals surface area contributed by atoms with Gasteiger partial charge in [0.2, 0.25) is 5.95 Å². The second-order valence-corrected chi connectivity index (χ2v) is 6.20. The molecule has 1 fully saturated rings. The van der Waals surface area contributed by atoms with Crippen LogP contribution in [0.2, 0.25) is 0 Å². The molecule has 28 heavy (non-hydrogen) atoms. The van der Waals surface area contributed by atoms with Gasteiger partial charge in [-0.3, -0.25) is 4.57 Å². The van der Waals surface area contributed by atoms with E-state index >= 15 is 0 Å². The molecule has 5 N–H and O–H groups in total. The van der Waals surface area contributed by atoms with Crippen molar-refractivity contribution in [3.63, 3.8) is 0 Å². The van der Waals surface area contributed by atoms with E-state index in [2.05, 4.69) is 15.0 Å². The highest BCUT2D eigenvalue weighted by atomic mass is 16.6. The Morgan fingerprint density at radius 2 is 1.75 bits per heavy atom. The molecule has 0 aromatic carbocycles. The third-order valence-corrected chi connectivity index (χ3v) is 4.40. The van der Waals surface area contributed by atoms with E-state index in [9.17, 15) is 5.11 Å². The molecule has 2 aromatic rings. The quantitative estimate of drug-likeness (QED) is 0.418. The molecule has 0 spiro atoms. The molecule has 3 rings (SSSR count). The van der Waals surface area contributed by atoms with Crippen molar-refractivity contribution < 1.29 is 28.8 Å². The lowest BCUT2D eigenvalue weighted by molar-refractivity contribution is -0.0930. The summed E-state index contributed by atoms with van der Waals surface area (Å²) in [4.78, 5) is 12.4. The molecule has 3 heterocycles. The summed E-state index contributed by atoms with van der Waals surface area (Å²) in [5, 5.41) is 9.79. The van der Waals surface area contributed by atoms with E-state index in [1.165, 1.54) is 6.33 Å². The normalized spacial score (nSPS) is 25.0. The Bertz CT molecular complexity index is 773. The van der Waals surface area contributed by atoms with E-state index in [0.717, 1.165) is 0 Å². The summed E-state index contributed by atoms with van der Waals surface area (Å²) in [5.41, 5.74) is 12.4. The van der Waals surface area contributed by atoms with Crippen LogP contribution in [0.25, 0.3) is 11.2 Å². The lowest BCUT2D eigenvalue weighted by atomic mass is 10.1. The van der Waals surface area contributed by atoms with Crippen LogP contribution in [0.4, 0.5) is 11.8 Å². The van der Waals surface area contributed by atoms with Crippen LogP contribution >= 0.6 is 0 Å². The zero-order chi connectivity index (χ0) is 20.1. The average molecular weight is 398 g/mol. The molecule has 0 amide bonds. The maximum Gasteiger partial charge on any atom is 0.224 e. The minimum Gasteiger partial charge on any atom is -0.394 e. The minimum absolute atomic E-state index is 0.0215. The smallest absolute Gasteiger partial charge is 0.224 e. The van der Waals surface area contributed by atoms with Crippen molar-refractivity contribution in [2.75, 3.05) is 58.7 Å². The van der Waals surface area contributed by atoms with E-state index in [4.69, 9.17) is 35.2 Å². The molecule has 0 saturated carbocycles. The summed E-state index contributed by atoms with van der Waals surface area (Å²) in [6, 6.07) is 0. The van der Waals surface area contributed by atoms with Gasteiger partial charge in [-0.05, 0) is 0 Å². The van der Waals surface area contributed by atoms with Gasteiger partial charge in [-0.25, -0.2) is 4.98 Å². The van der Waals surface area contributed by atoms with Crippen LogP contribution in [0.3, 0.4) is 0 Å². The SMILES string of the molecule is COCCO[C@@H]1[C@H](OCCOC)[C@@H](CO)O[C@H]1n1cnc2c(N)nc(N)nc21. The number of ether oxygens (including phenoxy) is 5. The van der Waals surface area contributed by atoms with E-state index < -0.39 is 24.5 Å². The van der Waals surface area contributed by atoms with Gasteiger partial charge >= 0.3 is 0 Å². The molecule has 1 aliphatic rings. The number of nitrogen functional groups attached to an aromatic ring is 2. The average Bonchev–Trinajstić information content (AvgIpc) is 3.24. The van der Waals surface area contributed by atoms with Crippen LogP contribution in [0, 0.1) is 0 Å². The number of methoxy groups -OCH3 is 2. The number of fused-ring (bicyclic) bond motifs is 1. The highest BCUT2D eigenvalue weighted by Gasteiger charge is 2.47. The summed E-state index contributed by atoms with van der Waals surface area (Å²) in [6.45, 7) is 1.19. The molecule has 0 radical (unpaired) electrons. The monoisotopic (exact) mass is 398 g/mol. The molecule has 12 nitrogen and oxygen atoms in total. The van der Waals surface area contributed by atoms with Crippen molar-refractivity contribution in [1.82, 2.24) is 19.5 Å². The van der Waals surface area contributed by atoms with Crippen molar-refractivity contribution in [2.24, 2.45) is 0 Å². The van der Waals surface area contributed by atoms with E-state index in [1.807, 2.05) is 0 Å². The van der Waals surface area contributed by atoms with Crippen molar-refractivity contribution in [3.8, 4) is 0 Å². The fourth-order valence-corrected chi connectivity index (χ4v) is 3.14. The number of rotatable bonds is 10. The van der Waals surface area contributed by atoms with E-state index in [-0.39, 0.29) is 18.4 Å². The number of hydrogen-bond donors (Lipinski definition) is 3. The second-order valence-electron chi connectivity index (χ2n) is 6.20. The van der Waals surface area contributed by atoms with Gasteiger partial charge in [0.15, 0.2) is 17.7 Å². The molecule has 12 heteroatoms. The first kappa shape index (κ1) is 20.6. The first-order valence-corrected chi connectivity index (χ1v) is 8.83. The standard InChI is InChI=1S/C16H26N6O6/c1-24-3-5-26-11-9(7-23)28-15(12(11)27-6-4-25-2)22-8-19-10-13(17)20-16(18)21-14(10)22/h8-9,11-12,15,23H,3-7H2,1-2H3,(H4,17,18,20,21)/t9-,11-,12-,15-/m1/s1. The number of aliphatic hydroxyl groups is 1. The Balaban J connectivity index is 1.92. The number of nitrogens with zero attached hydrogens (tertiary/aromatic N) is 4. The molecule has 0 aliphatic carbocycles. The Morgan fingerprint density at radius 1 is 1.07 bits per heavy atom. The van der Waals surface area contributed by atoms with Crippen molar-refractivity contribution in [1.29, 1.82) is 0 Å². The number of anilines is 2. The van der Waals surface area contributed by atoms with Gasteiger partial charge in [0.05, 0.1) is 39.4 Å². The fraction of sp³-hybridized carbons (Fsp3) is 0.688. The maximum atomic E-state index is 9.79. The molecule has 0 bridgehead atoms. The number of hydrogen-bond acceptors (Lipinski definition) is 11. The minimum atomic E-state index is -0.666. The summed E-state index contributed by atoms with van der Waals surface area (Å²) in [7, 11) is 3.17. The van der Waals surface area contributed by atoms with Gasteiger partial charge in [0, 0.05) is 14.2 Å². The van der Waals surface area contributed by atoms with Gasteiger partial charge in [-0.2, -0.15) is 9.97 Å². The molecule has 2 aromatic heterocycles. The predicted molar refractivity (Wildman–Crippen MR) is 98.4 cm³/mol. The lowest BCUT2D eigenvalue weighted by Gasteiger charge is -2.25. The first-order chi connectivity index (χ1) is 13.6. The lowest BCUT2D eigenvalue weighted by Crippen LogP contribution is -2.39. The maximum absolute atomic E-state index is 9.79. The molecular weight excluding hydrogens is 372 g/mol. The van der Waals surface area contributed by atoms with Crippen molar-refractivity contribution in [3.05, 3.63) is 6.33 Å². The van der Waals surface area contributed by atoms with Gasteiger partial charge in [-0.15, -0.1) is 0 Å². The number of aliphatic hydroxyl groups excluding tert-OH is 1. The number of imidazole rings is 1. The number of aromatic nitrogens is 4. The Morgan fingerprint density at radius 3 is 2.39 bits per heavy atom. The van der Waals surface area contributed by atoms with Crippen LogP contribution < -0.4 is 11.5 Å². The number of nitrogens with two attached hydrogens (primary N) is 2. The molecule has 1 saturated heterocycles.